The van der Waals surface area contributed by atoms with E-state index in [4.69, 9.17) is 11.6 Å². The number of anilines is 1. The summed E-state index contributed by atoms with van der Waals surface area (Å²) in [5.74, 6) is -0.686. The number of phenols is 2. The van der Waals surface area contributed by atoms with E-state index in [2.05, 4.69) is 15.2 Å². The zero-order chi connectivity index (χ0) is 25.0. The van der Waals surface area contributed by atoms with Gasteiger partial charge in [0.25, 0.3) is 11.8 Å². The van der Waals surface area contributed by atoms with Crippen molar-refractivity contribution in [1.82, 2.24) is 9.88 Å². The lowest BCUT2D eigenvalue weighted by molar-refractivity contribution is 0.0880. The first-order valence-corrected chi connectivity index (χ1v) is 11.8. The van der Waals surface area contributed by atoms with Crippen molar-refractivity contribution in [2.45, 2.75) is 6.54 Å². The highest BCUT2D eigenvalue weighted by Gasteiger charge is 2.34. The summed E-state index contributed by atoms with van der Waals surface area (Å²) in [5, 5.41) is 27.3. The molecule has 7 nitrogen and oxygen atoms in total. The second-order valence-corrected chi connectivity index (χ2v) is 9.07. The van der Waals surface area contributed by atoms with Gasteiger partial charge in [0.05, 0.1) is 16.6 Å². The van der Waals surface area contributed by atoms with Gasteiger partial charge in [-0.25, -0.2) is 0 Å². The zero-order valence-electron chi connectivity index (χ0n) is 18.9. The number of hydrogen-bond acceptors (Lipinski definition) is 5. The molecule has 0 fully saturated rings. The summed E-state index contributed by atoms with van der Waals surface area (Å²) < 4.78 is 2.06. The summed E-state index contributed by atoms with van der Waals surface area (Å²) in [6.07, 6.45) is 0. The maximum absolute atomic E-state index is 13.1. The fourth-order valence-electron chi connectivity index (χ4n) is 4.96. The Labute approximate surface area is 210 Å². The number of aromatic hydroxyl groups is 2. The van der Waals surface area contributed by atoms with Crippen LogP contribution in [0, 0.1) is 0 Å². The fraction of sp³-hybridized carbons (Fsp3) is 0.0714. The van der Waals surface area contributed by atoms with Crippen molar-refractivity contribution in [2.75, 3.05) is 11.9 Å². The fourth-order valence-corrected chi connectivity index (χ4v) is 5.20. The first-order chi connectivity index (χ1) is 17.4. The molecule has 0 aliphatic carbocycles. The van der Waals surface area contributed by atoms with E-state index in [0.29, 0.717) is 40.0 Å². The van der Waals surface area contributed by atoms with Crippen LogP contribution in [0.15, 0.2) is 72.8 Å². The van der Waals surface area contributed by atoms with Crippen molar-refractivity contribution in [3.8, 4) is 22.6 Å². The summed E-state index contributed by atoms with van der Waals surface area (Å²) in [6, 6.07) is 20.9. The molecule has 36 heavy (non-hydrogen) atoms. The van der Waals surface area contributed by atoms with Crippen LogP contribution in [0.5, 0.6) is 11.5 Å². The van der Waals surface area contributed by atoms with E-state index in [1.807, 2.05) is 30.3 Å². The molecule has 2 amide bonds. The number of carbonyl (C=O) groups excluding carboxylic acids is 2. The summed E-state index contributed by atoms with van der Waals surface area (Å²) in [4.78, 5) is 26.0. The van der Waals surface area contributed by atoms with Gasteiger partial charge in [-0.1, -0.05) is 29.8 Å². The van der Waals surface area contributed by atoms with Gasteiger partial charge in [-0.15, -0.1) is 0 Å². The average molecular weight is 498 g/mol. The smallest absolute Gasteiger partial charge is 0.259 e. The van der Waals surface area contributed by atoms with Crippen LogP contribution in [0.3, 0.4) is 0 Å². The topological polar surface area (TPSA) is 104 Å². The highest BCUT2D eigenvalue weighted by molar-refractivity contribution is 6.36. The van der Waals surface area contributed by atoms with Crippen molar-refractivity contribution in [2.24, 2.45) is 0 Å². The molecule has 0 atom stereocenters. The van der Waals surface area contributed by atoms with Crippen LogP contribution in [-0.2, 0) is 6.54 Å². The van der Waals surface area contributed by atoms with E-state index < -0.39 is 11.8 Å². The molecule has 1 aliphatic rings. The Bertz CT molecular complexity index is 1710. The lowest BCUT2D eigenvalue weighted by atomic mass is 9.93. The SMILES string of the molecule is O=C1NC(=O)c2c1c(-c1ccccc1Cl)cc1c2c2cc(O)ccc2n1CCNc1ccc(O)cc1. The number of nitrogens with zero attached hydrogens (tertiary/aromatic N) is 1. The van der Waals surface area contributed by atoms with Crippen LogP contribution in [0.2, 0.25) is 5.02 Å². The number of benzene rings is 4. The van der Waals surface area contributed by atoms with Gasteiger partial charge in [0, 0.05) is 45.7 Å². The number of halogens is 1. The number of hydrogen-bond donors (Lipinski definition) is 4. The third kappa shape index (κ3) is 3.44. The van der Waals surface area contributed by atoms with Gasteiger partial charge >= 0.3 is 0 Å². The highest BCUT2D eigenvalue weighted by atomic mass is 35.5. The van der Waals surface area contributed by atoms with Crippen LogP contribution >= 0.6 is 11.6 Å². The molecule has 0 saturated carbocycles. The standard InChI is InChI=1S/C28H20ClN3O4/c29-21-4-2-1-3-18(21)19-14-23-24(26-25(19)27(35)31-28(26)36)20-13-17(34)9-10-22(20)32(23)12-11-30-15-5-7-16(33)8-6-15/h1-10,13-14,30,33-34H,11-12H2,(H,31,35,36). The number of imide groups is 1. The number of phenolic OH excluding ortho intramolecular Hbond substituents is 2. The van der Waals surface area contributed by atoms with E-state index in [1.54, 1.807) is 42.5 Å². The van der Waals surface area contributed by atoms with Gasteiger partial charge in [0.1, 0.15) is 11.5 Å². The molecule has 0 bridgehead atoms. The minimum Gasteiger partial charge on any atom is -0.508 e. The quantitative estimate of drug-likeness (QED) is 0.189. The molecule has 0 spiro atoms. The molecule has 8 heteroatoms. The van der Waals surface area contributed by atoms with Crippen LogP contribution in [-0.4, -0.2) is 33.1 Å². The number of nitrogens with one attached hydrogen (secondary N) is 2. The lowest BCUT2D eigenvalue weighted by Crippen LogP contribution is -2.20. The molecule has 0 unspecified atom stereocenters. The predicted octanol–water partition coefficient (Wildman–Crippen LogP) is 5.52. The van der Waals surface area contributed by atoms with Crippen LogP contribution in [0.4, 0.5) is 5.69 Å². The summed E-state index contributed by atoms with van der Waals surface area (Å²) >= 11 is 6.51. The third-order valence-electron chi connectivity index (χ3n) is 6.51. The molecule has 6 rings (SSSR count). The van der Waals surface area contributed by atoms with Gasteiger partial charge in [-0.05, 0) is 60.2 Å². The van der Waals surface area contributed by atoms with E-state index in [-0.39, 0.29) is 22.6 Å². The molecular weight excluding hydrogens is 478 g/mol. The molecular formula is C28H20ClN3O4. The van der Waals surface area contributed by atoms with Gasteiger partial charge in [-0.3, -0.25) is 14.9 Å². The predicted molar refractivity (Wildman–Crippen MR) is 140 cm³/mol. The number of rotatable bonds is 5. The van der Waals surface area contributed by atoms with Crippen molar-refractivity contribution in [3.63, 3.8) is 0 Å². The Kier molecular flexibility index (Phi) is 5.09. The van der Waals surface area contributed by atoms with E-state index in [0.717, 1.165) is 16.7 Å². The average Bonchev–Trinajstić information content (AvgIpc) is 3.33. The Morgan fingerprint density at radius 1 is 0.806 bits per heavy atom. The van der Waals surface area contributed by atoms with Crippen molar-refractivity contribution in [1.29, 1.82) is 0 Å². The largest absolute Gasteiger partial charge is 0.508 e. The monoisotopic (exact) mass is 497 g/mol. The van der Waals surface area contributed by atoms with Crippen LogP contribution in [0.25, 0.3) is 32.9 Å². The van der Waals surface area contributed by atoms with E-state index in [9.17, 15) is 19.8 Å². The molecule has 178 valence electrons. The Morgan fingerprint density at radius 2 is 1.53 bits per heavy atom. The maximum Gasteiger partial charge on any atom is 0.259 e. The van der Waals surface area contributed by atoms with Gasteiger partial charge in [0.2, 0.25) is 0 Å². The molecule has 4 aromatic carbocycles. The second kappa shape index (κ2) is 8.32. The van der Waals surface area contributed by atoms with Crippen LogP contribution in [0.1, 0.15) is 20.7 Å². The van der Waals surface area contributed by atoms with E-state index >= 15 is 0 Å². The molecule has 0 radical (unpaired) electrons. The maximum atomic E-state index is 13.1. The van der Waals surface area contributed by atoms with Gasteiger partial charge in [-0.2, -0.15) is 0 Å². The first kappa shape index (κ1) is 22.0. The van der Waals surface area contributed by atoms with E-state index in [1.165, 1.54) is 0 Å². The second-order valence-electron chi connectivity index (χ2n) is 8.66. The number of amides is 2. The number of aromatic nitrogens is 1. The van der Waals surface area contributed by atoms with Gasteiger partial charge < -0.3 is 20.1 Å². The lowest BCUT2D eigenvalue weighted by Gasteiger charge is -2.13. The Hall–Kier alpha value is -4.49. The number of fused-ring (bicyclic) bond motifs is 5. The summed E-state index contributed by atoms with van der Waals surface area (Å²) in [5.41, 5.74) is 4.23. The Morgan fingerprint density at radius 3 is 2.31 bits per heavy atom. The molecule has 1 aliphatic heterocycles. The van der Waals surface area contributed by atoms with Crippen LogP contribution < -0.4 is 10.6 Å². The molecule has 4 N–H and O–H groups in total. The Balaban J connectivity index is 1.58. The summed E-state index contributed by atoms with van der Waals surface area (Å²) in [6.45, 7) is 1.08. The first-order valence-electron chi connectivity index (χ1n) is 11.4. The number of carbonyl (C=O) groups is 2. The minimum atomic E-state index is -0.474. The molecule has 5 aromatic rings. The van der Waals surface area contributed by atoms with Gasteiger partial charge in [0.15, 0.2) is 0 Å². The minimum absolute atomic E-state index is 0.0671. The third-order valence-corrected chi connectivity index (χ3v) is 6.84. The van der Waals surface area contributed by atoms with Crippen molar-refractivity contribution >= 4 is 50.9 Å². The molecule has 2 heterocycles. The summed E-state index contributed by atoms with van der Waals surface area (Å²) in [7, 11) is 0. The molecule has 1 aromatic heterocycles. The van der Waals surface area contributed by atoms with Crippen molar-refractivity contribution < 1.29 is 19.8 Å². The zero-order valence-corrected chi connectivity index (χ0v) is 19.6. The van der Waals surface area contributed by atoms with Crippen molar-refractivity contribution in [3.05, 3.63) is 88.9 Å². The normalized spacial score (nSPS) is 12.8. The highest BCUT2D eigenvalue weighted by Crippen LogP contribution is 2.42. The molecule has 0 saturated heterocycles.